The van der Waals surface area contributed by atoms with Crippen LogP contribution in [-0.4, -0.2) is 37.5 Å². The number of hydrogen-bond acceptors (Lipinski definition) is 4. The second-order valence-corrected chi connectivity index (χ2v) is 5.69. The molecule has 2 aromatic carbocycles. The molecule has 2 rings (SSSR count). The molecular formula is C20H22N2O4. The first kappa shape index (κ1) is 19.2. The van der Waals surface area contributed by atoms with Gasteiger partial charge >= 0.3 is 5.97 Å². The average Bonchev–Trinajstić information content (AvgIpc) is 2.67. The zero-order chi connectivity index (χ0) is 19.1. The molecule has 2 aromatic rings. The normalized spacial score (nSPS) is 11.3. The number of anilines is 1. The van der Waals surface area contributed by atoms with Crippen molar-refractivity contribution < 1.29 is 19.1 Å². The second-order valence-electron chi connectivity index (χ2n) is 5.69. The number of rotatable bonds is 6. The molecule has 0 heterocycles. The monoisotopic (exact) mass is 354 g/mol. The van der Waals surface area contributed by atoms with Gasteiger partial charge in [-0.1, -0.05) is 30.3 Å². The van der Waals surface area contributed by atoms with E-state index < -0.39 is 12.1 Å². The lowest BCUT2D eigenvalue weighted by molar-refractivity contribution is -0.128. The molecule has 6 heteroatoms. The summed E-state index contributed by atoms with van der Waals surface area (Å²) in [6.45, 7) is 3.71. The second kappa shape index (κ2) is 8.80. The molecule has 0 aromatic heterocycles. The number of carbonyl (C=O) groups excluding carboxylic acids is 3. The van der Waals surface area contributed by atoms with Crippen molar-refractivity contribution in [3.63, 3.8) is 0 Å². The lowest BCUT2D eigenvalue weighted by Crippen LogP contribution is -2.36. The van der Waals surface area contributed by atoms with E-state index >= 15 is 0 Å². The molecule has 0 unspecified atom stereocenters. The number of carbonyl (C=O) groups is 3. The molecule has 0 radical (unpaired) electrons. The zero-order valence-corrected chi connectivity index (χ0v) is 15.1. The van der Waals surface area contributed by atoms with Gasteiger partial charge in [-0.05, 0) is 38.1 Å². The van der Waals surface area contributed by atoms with Gasteiger partial charge in [-0.25, -0.2) is 4.79 Å². The van der Waals surface area contributed by atoms with Gasteiger partial charge in [0, 0.05) is 19.3 Å². The predicted molar refractivity (Wildman–Crippen MR) is 99.2 cm³/mol. The Morgan fingerprint density at radius 3 is 2.19 bits per heavy atom. The minimum atomic E-state index is -0.947. The number of esters is 1. The molecule has 0 saturated heterocycles. The summed E-state index contributed by atoms with van der Waals surface area (Å²) in [7, 11) is 1.64. The van der Waals surface area contributed by atoms with Gasteiger partial charge in [0.05, 0.1) is 11.1 Å². The Hall–Kier alpha value is -3.15. The highest BCUT2D eigenvalue weighted by Crippen LogP contribution is 2.18. The highest BCUT2D eigenvalue weighted by Gasteiger charge is 2.24. The SMILES string of the molecule is CCNC(=O)[C@H](C)OC(=O)c1ccccc1C(=O)N(C)c1ccccc1. The highest BCUT2D eigenvalue weighted by atomic mass is 16.5. The molecule has 0 bridgehead atoms. The van der Waals surface area contributed by atoms with Crippen LogP contribution in [0.4, 0.5) is 5.69 Å². The van der Waals surface area contributed by atoms with Crippen LogP contribution in [0.2, 0.25) is 0 Å². The first-order valence-corrected chi connectivity index (χ1v) is 8.36. The minimum Gasteiger partial charge on any atom is -0.449 e. The van der Waals surface area contributed by atoms with E-state index in [9.17, 15) is 14.4 Å². The fourth-order valence-electron chi connectivity index (χ4n) is 2.39. The summed E-state index contributed by atoms with van der Waals surface area (Å²) in [5.74, 6) is -1.44. The minimum absolute atomic E-state index is 0.122. The standard InChI is InChI=1S/C20H22N2O4/c1-4-21-18(23)14(2)26-20(25)17-13-9-8-12-16(17)19(24)22(3)15-10-6-5-7-11-15/h5-14H,4H2,1-3H3,(H,21,23)/t14-/m0/s1. The smallest absolute Gasteiger partial charge is 0.339 e. The third-order valence-electron chi connectivity index (χ3n) is 3.83. The number of likely N-dealkylation sites (N-methyl/N-ethyl adjacent to an activating group) is 1. The first-order valence-electron chi connectivity index (χ1n) is 8.36. The Kier molecular flexibility index (Phi) is 6.49. The molecule has 0 fully saturated rings. The van der Waals surface area contributed by atoms with E-state index in [4.69, 9.17) is 4.74 Å². The molecule has 0 aliphatic heterocycles. The fourth-order valence-corrected chi connectivity index (χ4v) is 2.39. The summed E-state index contributed by atoms with van der Waals surface area (Å²) >= 11 is 0. The summed E-state index contributed by atoms with van der Waals surface area (Å²) in [6.07, 6.45) is -0.947. The van der Waals surface area contributed by atoms with Crippen LogP contribution in [0.15, 0.2) is 54.6 Å². The van der Waals surface area contributed by atoms with Gasteiger partial charge in [-0.3, -0.25) is 9.59 Å². The van der Waals surface area contributed by atoms with Crippen molar-refractivity contribution in [3.8, 4) is 0 Å². The number of para-hydroxylation sites is 1. The van der Waals surface area contributed by atoms with Crippen LogP contribution in [0.3, 0.4) is 0 Å². The number of amides is 2. The average molecular weight is 354 g/mol. The van der Waals surface area contributed by atoms with Crippen molar-refractivity contribution >= 4 is 23.5 Å². The van der Waals surface area contributed by atoms with E-state index in [0.29, 0.717) is 12.2 Å². The molecule has 0 aliphatic carbocycles. The van der Waals surface area contributed by atoms with Crippen LogP contribution < -0.4 is 10.2 Å². The maximum absolute atomic E-state index is 12.8. The molecule has 26 heavy (non-hydrogen) atoms. The first-order chi connectivity index (χ1) is 12.5. The van der Waals surface area contributed by atoms with Gasteiger partial charge in [0.15, 0.2) is 6.10 Å². The number of hydrogen-bond donors (Lipinski definition) is 1. The Bertz CT molecular complexity index is 789. The third-order valence-corrected chi connectivity index (χ3v) is 3.83. The molecule has 1 N–H and O–H groups in total. The molecule has 0 saturated carbocycles. The van der Waals surface area contributed by atoms with Crippen molar-refractivity contribution in [2.75, 3.05) is 18.5 Å². The van der Waals surface area contributed by atoms with E-state index in [1.54, 1.807) is 44.3 Å². The number of benzene rings is 2. The molecule has 2 amide bonds. The largest absolute Gasteiger partial charge is 0.449 e. The van der Waals surface area contributed by atoms with Crippen LogP contribution in [0, 0.1) is 0 Å². The number of ether oxygens (including phenoxy) is 1. The van der Waals surface area contributed by atoms with Crippen molar-refractivity contribution in [1.82, 2.24) is 5.32 Å². The fraction of sp³-hybridized carbons (Fsp3) is 0.250. The maximum atomic E-state index is 12.8. The maximum Gasteiger partial charge on any atom is 0.339 e. The summed E-state index contributed by atoms with van der Waals surface area (Å²) < 4.78 is 5.21. The van der Waals surface area contributed by atoms with Crippen LogP contribution >= 0.6 is 0 Å². The quantitative estimate of drug-likeness (QED) is 0.809. The van der Waals surface area contributed by atoms with E-state index in [-0.39, 0.29) is 22.9 Å². The van der Waals surface area contributed by atoms with E-state index in [2.05, 4.69) is 5.32 Å². The lowest BCUT2D eigenvalue weighted by atomic mass is 10.1. The zero-order valence-electron chi connectivity index (χ0n) is 15.1. The predicted octanol–water partition coefficient (Wildman–Crippen LogP) is 2.64. The Morgan fingerprint density at radius 2 is 1.58 bits per heavy atom. The molecular weight excluding hydrogens is 332 g/mol. The Labute approximate surface area is 152 Å². The Morgan fingerprint density at radius 1 is 1.00 bits per heavy atom. The van der Waals surface area contributed by atoms with Gasteiger partial charge < -0.3 is 15.0 Å². The summed E-state index contributed by atoms with van der Waals surface area (Å²) in [4.78, 5) is 38.5. The molecule has 0 aliphatic rings. The van der Waals surface area contributed by atoms with Crippen molar-refractivity contribution in [2.45, 2.75) is 20.0 Å². The topological polar surface area (TPSA) is 75.7 Å². The van der Waals surface area contributed by atoms with E-state index in [0.717, 1.165) is 0 Å². The van der Waals surface area contributed by atoms with Crippen molar-refractivity contribution in [3.05, 3.63) is 65.7 Å². The molecule has 1 atom stereocenters. The summed E-state index contributed by atoms with van der Waals surface area (Å²) in [5.41, 5.74) is 1.04. The summed E-state index contributed by atoms with van der Waals surface area (Å²) in [6, 6.07) is 15.5. The highest BCUT2D eigenvalue weighted by molar-refractivity contribution is 6.12. The van der Waals surface area contributed by atoms with Crippen LogP contribution in [-0.2, 0) is 9.53 Å². The molecule has 136 valence electrons. The molecule has 0 spiro atoms. The van der Waals surface area contributed by atoms with Gasteiger partial charge in [-0.15, -0.1) is 0 Å². The van der Waals surface area contributed by atoms with Crippen molar-refractivity contribution in [1.29, 1.82) is 0 Å². The Balaban J connectivity index is 2.23. The van der Waals surface area contributed by atoms with Gasteiger partial charge in [0.2, 0.25) is 0 Å². The van der Waals surface area contributed by atoms with Crippen LogP contribution in [0.1, 0.15) is 34.6 Å². The van der Waals surface area contributed by atoms with Gasteiger partial charge in [0.25, 0.3) is 11.8 Å². The summed E-state index contributed by atoms with van der Waals surface area (Å²) in [5, 5.41) is 2.59. The van der Waals surface area contributed by atoms with Crippen LogP contribution in [0.25, 0.3) is 0 Å². The van der Waals surface area contributed by atoms with Crippen molar-refractivity contribution in [2.24, 2.45) is 0 Å². The lowest BCUT2D eigenvalue weighted by Gasteiger charge is -2.19. The number of nitrogens with one attached hydrogen (secondary N) is 1. The molecule has 6 nitrogen and oxygen atoms in total. The number of nitrogens with zero attached hydrogens (tertiary/aromatic N) is 1. The van der Waals surface area contributed by atoms with E-state index in [1.165, 1.54) is 17.9 Å². The third kappa shape index (κ3) is 4.47. The van der Waals surface area contributed by atoms with Crippen LogP contribution in [0.5, 0.6) is 0 Å². The van der Waals surface area contributed by atoms with Gasteiger partial charge in [0.1, 0.15) is 0 Å². The van der Waals surface area contributed by atoms with E-state index in [1.807, 2.05) is 18.2 Å². The van der Waals surface area contributed by atoms with Gasteiger partial charge in [-0.2, -0.15) is 0 Å².